The molecule has 0 amide bonds. The van der Waals surface area contributed by atoms with Crippen molar-refractivity contribution in [3.63, 3.8) is 0 Å². The van der Waals surface area contributed by atoms with E-state index in [0.717, 1.165) is 18.8 Å². The molecule has 0 aliphatic carbocycles. The molecule has 1 atom stereocenters. The molecule has 0 spiro atoms. The van der Waals surface area contributed by atoms with Gasteiger partial charge in [-0.2, -0.15) is 0 Å². The molecule has 1 unspecified atom stereocenters. The number of aryl methyl sites for hydroxylation is 1. The van der Waals surface area contributed by atoms with Crippen LogP contribution in [-0.4, -0.2) is 28.6 Å². The van der Waals surface area contributed by atoms with Crippen LogP contribution in [0.3, 0.4) is 0 Å². The highest BCUT2D eigenvalue weighted by molar-refractivity contribution is 5.86. The molecule has 1 aliphatic rings. The zero-order chi connectivity index (χ0) is 13.3. The van der Waals surface area contributed by atoms with Crippen LogP contribution in [0.1, 0.15) is 48.6 Å². The van der Waals surface area contributed by atoms with Gasteiger partial charge in [-0.25, -0.2) is 4.79 Å². The Hall–Kier alpha value is -1.29. The van der Waals surface area contributed by atoms with Crippen LogP contribution in [0.4, 0.5) is 0 Å². The number of carboxylic acids is 1. The van der Waals surface area contributed by atoms with E-state index in [1.165, 1.54) is 12.8 Å². The molecule has 0 radical (unpaired) electrons. The number of rotatable bonds is 4. The summed E-state index contributed by atoms with van der Waals surface area (Å²) < 4.78 is 5.42. The fraction of sp³-hybridized carbons (Fsp3) is 0.643. The largest absolute Gasteiger partial charge is 0.475 e. The van der Waals surface area contributed by atoms with E-state index in [1.807, 2.05) is 6.07 Å². The van der Waals surface area contributed by atoms with Gasteiger partial charge in [-0.3, -0.25) is 4.90 Å². The van der Waals surface area contributed by atoms with Gasteiger partial charge >= 0.3 is 5.97 Å². The number of carboxylic acid groups (broad SMARTS) is 1. The van der Waals surface area contributed by atoms with E-state index < -0.39 is 5.97 Å². The number of likely N-dealkylation sites (tertiary alicyclic amines) is 1. The quantitative estimate of drug-likeness (QED) is 0.894. The summed E-state index contributed by atoms with van der Waals surface area (Å²) in [5.41, 5.74) is 0.706. The maximum Gasteiger partial charge on any atom is 0.372 e. The zero-order valence-electron chi connectivity index (χ0n) is 11.3. The molecule has 2 heterocycles. The molecule has 2 rings (SSSR count). The summed E-state index contributed by atoms with van der Waals surface area (Å²) in [4.78, 5) is 13.3. The van der Waals surface area contributed by atoms with Crippen molar-refractivity contribution in [3.05, 3.63) is 23.2 Å². The normalized spacial score (nSPS) is 20.8. The number of carbonyl (C=O) groups is 1. The monoisotopic (exact) mass is 251 g/mol. The van der Waals surface area contributed by atoms with Crippen molar-refractivity contribution in [2.75, 3.05) is 6.54 Å². The van der Waals surface area contributed by atoms with Gasteiger partial charge in [-0.05, 0) is 38.3 Å². The smallest absolute Gasteiger partial charge is 0.372 e. The first-order valence-electron chi connectivity index (χ1n) is 6.55. The third kappa shape index (κ3) is 2.58. The number of furan rings is 1. The van der Waals surface area contributed by atoms with Crippen LogP contribution in [0.2, 0.25) is 0 Å². The summed E-state index contributed by atoms with van der Waals surface area (Å²) in [5.74, 6) is 0.478. The second kappa shape index (κ2) is 5.14. The summed E-state index contributed by atoms with van der Waals surface area (Å²) in [7, 11) is 0. The Morgan fingerprint density at radius 2 is 2.33 bits per heavy atom. The van der Waals surface area contributed by atoms with E-state index in [0.29, 0.717) is 17.5 Å². The van der Waals surface area contributed by atoms with Gasteiger partial charge in [0.2, 0.25) is 5.76 Å². The van der Waals surface area contributed by atoms with E-state index in [1.54, 1.807) is 6.92 Å². The summed E-state index contributed by atoms with van der Waals surface area (Å²) in [5, 5.41) is 8.97. The summed E-state index contributed by atoms with van der Waals surface area (Å²) >= 11 is 0. The first kappa shape index (κ1) is 13.1. The van der Waals surface area contributed by atoms with Gasteiger partial charge < -0.3 is 9.52 Å². The van der Waals surface area contributed by atoms with Crippen LogP contribution in [0.25, 0.3) is 0 Å². The minimum Gasteiger partial charge on any atom is -0.475 e. The van der Waals surface area contributed by atoms with Crippen molar-refractivity contribution < 1.29 is 14.3 Å². The topological polar surface area (TPSA) is 53.7 Å². The van der Waals surface area contributed by atoms with Crippen molar-refractivity contribution in [1.82, 2.24) is 4.90 Å². The standard InChI is InChI=1S/C14H21NO3/c1-9(2)12-5-4-6-15(12)8-11-7-10(3)13(18-11)14(16)17/h7,9,12H,4-6,8H2,1-3H3,(H,16,17). The highest BCUT2D eigenvalue weighted by atomic mass is 16.4. The van der Waals surface area contributed by atoms with E-state index >= 15 is 0 Å². The van der Waals surface area contributed by atoms with Crippen molar-refractivity contribution in [2.45, 2.75) is 46.2 Å². The third-order valence-electron chi connectivity index (χ3n) is 3.71. The predicted octanol–water partition coefficient (Wildman–Crippen LogP) is 2.91. The molecule has 1 aliphatic heterocycles. The first-order chi connectivity index (χ1) is 8.49. The molecule has 1 fully saturated rings. The van der Waals surface area contributed by atoms with Gasteiger partial charge in [0, 0.05) is 11.6 Å². The molecule has 0 saturated carbocycles. The van der Waals surface area contributed by atoms with E-state index in [4.69, 9.17) is 9.52 Å². The SMILES string of the molecule is Cc1cc(CN2CCCC2C(C)C)oc1C(=O)O. The Kier molecular flexibility index (Phi) is 3.76. The molecule has 1 aromatic heterocycles. The van der Waals surface area contributed by atoms with Crippen molar-refractivity contribution in [3.8, 4) is 0 Å². The van der Waals surface area contributed by atoms with Gasteiger partial charge in [0.05, 0.1) is 6.54 Å². The Balaban J connectivity index is 2.09. The Bertz CT molecular complexity index is 436. The Labute approximate surface area is 108 Å². The fourth-order valence-corrected chi connectivity index (χ4v) is 2.84. The predicted molar refractivity (Wildman–Crippen MR) is 68.7 cm³/mol. The second-order valence-electron chi connectivity index (χ2n) is 5.45. The number of hydrogen-bond acceptors (Lipinski definition) is 3. The molecule has 0 bridgehead atoms. The Morgan fingerprint density at radius 3 is 2.89 bits per heavy atom. The van der Waals surface area contributed by atoms with E-state index in [-0.39, 0.29) is 5.76 Å². The van der Waals surface area contributed by atoms with Crippen LogP contribution >= 0.6 is 0 Å². The zero-order valence-corrected chi connectivity index (χ0v) is 11.3. The summed E-state index contributed by atoms with van der Waals surface area (Å²) in [6, 6.07) is 2.43. The molecular formula is C14H21NO3. The number of hydrogen-bond donors (Lipinski definition) is 1. The molecule has 18 heavy (non-hydrogen) atoms. The minimum atomic E-state index is -0.986. The number of nitrogens with zero attached hydrogens (tertiary/aromatic N) is 1. The van der Waals surface area contributed by atoms with Crippen LogP contribution in [0, 0.1) is 12.8 Å². The average molecular weight is 251 g/mol. The van der Waals surface area contributed by atoms with Crippen LogP contribution in [-0.2, 0) is 6.54 Å². The average Bonchev–Trinajstić information content (AvgIpc) is 2.85. The lowest BCUT2D eigenvalue weighted by molar-refractivity contribution is 0.0656. The molecule has 1 N–H and O–H groups in total. The molecular weight excluding hydrogens is 230 g/mol. The third-order valence-corrected chi connectivity index (χ3v) is 3.71. The maximum atomic E-state index is 10.9. The summed E-state index contributed by atoms with van der Waals surface area (Å²) in [6.07, 6.45) is 2.44. The highest BCUT2D eigenvalue weighted by Gasteiger charge is 2.28. The Morgan fingerprint density at radius 1 is 1.61 bits per heavy atom. The minimum absolute atomic E-state index is 0.0743. The highest BCUT2D eigenvalue weighted by Crippen LogP contribution is 2.26. The number of aromatic carboxylic acids is 1. The van der Waals surface area contributed by atoms with Crippen molar-refractivity contribution in [2.24, 2.45) is 5.92 Å². The van der Waals surface area contributed by atoms with Crippen LogP contribution in [0.5, 0.6) is 0 Å². The van der Waals surface area contributed by atoms with Crippen molar-refractivity contribution >= 4 is 5.97 Å². The maximum absolute atomic E-state index is 10.9. The van der Waals surface area contributed by atoms with E-state index in [2.05, 4.69) is 18.7 Å². The molecule has 4 heteroatoms. The lowest BCUT2D eigenvalue weighted by atomic mass is 10.0. The van der Waals surface area contributed by atoms with Gasteiger partial charge in [0.25, 0.3) is 0 Å². The van der Waals surface area contributed by atoms with E-state index in [9.17, 15) is 4.79 Å². The first-order valence-corrected chi connectivity index (χ1v) is 6.55. The van der Waals surface area contributed by atoms with Crippen molar-refractivity contribution in [1.29, 1.82) is 0 Å². The van der Waals surface area contributed by atoms with Crippen LogP contribution < -0.4 is 0 Å². The molecule has 1 saturated heterocycles. The lowest BCUT2D eigenvalue weighted by Crippen LogP contribution is -2.32. The molecule has 0 aromatic carbocycles. The van der Waals surface area contributed by atoms with Crippen LogP contribution in [0.15, 0.2) is 10.5 Å². The molecule has 1 aromatic rings. The summed E-state index contributed by atoms with van der Waals surface area (Å²) in [6.45, 7) is 8.04. The van der Waals surface area contributed by atoms with Gasteiger partial charge in [0.1, 0.15) is 5.76 Å². The van der Waals surface area contributed by atoms with Gasteiger partial charge in [0.15, 0.2) is 0 Å². The molecule has 4 nitrogen and oxygen atoms in total. The second-order valence-corrected chi connectivity index (χ2v) is 5.45. The van der Waals surface area contributed by atoms with Gasteiger partial charge in [-0.15, -0.1) is 0 Å². The fourth-order valence-electron chi connectivity index (χ4n) is 2.84. The van der Waals surface area contributed by atoms with Gasteiger partial charge in [-0.1, -0.05) is 13.8 Å². The molecule has 100 valence electrons. The lowest BCUT2D eigenvalue weighted by Gasteiger charge is -2.26.